The molecule has 0 spiro atoms. The van der Waals surface area contributed by atoms with E-state index in [-0.39, 0.29) is 17.7 Å². The Balaban J connectivity index is 1.57. The first-order chi connectivity index (χ1) is 12.0. The van der Waals surface area contributed by atoms with Crippen LogP contribution in [-0.2, 0) is 17.6 Å². The van der Waals surface area contributed by atoms with Crippen molar-refractivity contribution in [2.75, 3.05) is 13.1 Å². The summed E-state index contributed by atoms with van der Waals surface area (Å²) in [5, 5.41) is 9.25. The van der Waals surface area contributed by atoms with Gasteiger partial charge >= 0.3 is 5.97 Å². The van der Waals surface area contributed by atoms with Gasteiger partial charge in [0.2, 0.25) is 0 Å². The molecule has 2 unspecified atom stereocenters. The largest absolute Gasteiger partial charge is 0.481 e. The third-order valence-electron chi connectivity index (χ3n) is 5.46. The molecule has 4 rings (SSSR count). The minimum atomic E-state index is -0.747. The topological polar surface area (TPSA) is 57.6 Å². The summed E-state index contributed by atoms with van der Waals surface area (Å²) in [5.74, 6) is -1.05. The van der Waals surface area contributed by atoms with E-state index in [9.17, 15) is 14.7 Å². The van der Waals surface area contributed by atoms with E-state index in [1.807, 2.05) is 24.0 Å². The first kappa shape index (κ1) is 16.3. The second-order valence-electron chi connectivity index (χ2n) is 7.08. The van der Waals surface area contributed by atoms with Gasteiger partial charge in [-0.25, -0.2) is 0 Å². The predicted molar refractivity (Wildman–Crippen MR) is 98.0 cm³/mol. The van der Waals surface area contributed by atoms with Crippen LogP contribution in [0.25, 0.3) is 10.4 Å². The molecule has 1 aliphatic carbocycles. The number of carbonyl (C=O) groups excluding carboxylic acids is 1. The molecule has 1 N–H and O–H groups in total. The van der Waals surface area contributed by atoms with E-state index in [0.29, 0.717) is 19.5 Å². The van der Waals surface area contributed by atoms with E-state index >= 15 is 0 Å². The van der Waals surface area contributed by atoms with Gasteiger partial charge in [0.1, 0.15) is 0 Å². The Labute approximate surface area is 151 Å². The highest BCUT2D eigenvalue weighted by molar-refractivity contribution is 7.17. The molecule has 5 heteroatoms. The predicted octanol–water partition coefficient (Wildman–Crippen LogP) is 3.70. The number of hydrogen-bond acceptors (Lipinski definition) is 3. The van der Waals surface area contributed by atoms with E-state index in [4.69, 9.17) is 0 Å². The fraction of sp³-hybridized carbons (Fsp3) is 0.400. The summed E-state index contributed by atoms with van der Waals surface area (Å²) in [5.41, 5.74) is 3.87. The number of carboxylic acid groups (broad SMARTS) is 1. The molecular weight excluding hydrogens is 334 g/mol. The van der Waals surface area contributed by atoms with Crippen LogP contribution >= 0.6 is 11.3 Å². The highest BCUT2D eigenvalue weighted by atomic mass is 32.1. The number of fused-ring (bicyclic) bond motifs is 3. The van der Waals surface area contributed by atoms with Crippen molar-refractivity contribution in [3.8, 4) is 10.4 Å². The van der Waals surface area contributed by atoms with Crippen LogP contribution in [0, 0.1) is 11.8 Å². The molecule has 0 bridgehead atoms. The molecule has 1 aliphatic heterocycles. The molecule has 2 heterocycles. The Kier molecular flexibility index (Phi) is 4.12. The van der Waals surface area contributed by atoms with Crippen LogP contribution in [0.3, 0.4) is 0 Å². The zero-order valence-corrected chi connectivity index (χ0v) is 15.0. The van der Waals surface area contributed by atoms with Crippen molar-refractivity contribution in [2.45, 2.75) is 26.2 Å². The number of aliphatic carboxylic acids is 1. The molecule has 0 saturated carbocycles. The molecule has 0 radical (unpaired) electrons. The molecule has 2 aromatic rings. The first-order valence-corrected chi connectivity index (χ1v) is 9.59. The highest BCUT2D eigenvalue weighted by Crippen LogP contribution is 2.40. The molecule has 1 aromatic carbocycles. The smallest absolute Gasteiger partial charge is 0.306 e. The van der Waals surface area contributed by atoms with E-state index in [1.165, 1.54) is 21.6 Å². The number of thiophene rings is 1. The van der Waals surface area contributed by atoms with E-state index in [1.54, 1.807) is 11.3 Å². The number of hydrogen-bond donors (Lipinski definition) is 1. The lowest BCUT2D eigenvalue weighted by atomic mass is 9.87. The zero-order chi connectivity index (χ0) is 17.6. The van der Waals surface area contributed by atoms with Crippen molar-refractivity contribution in [3.63, 3.8) is 0 Å². The van der Waals surface area contributed by atoms with Gasteiger partial charge in [-0.2, -0.15) is 0 Å². The lowest BCUT2D eigenvalue weighted by Crippen LogP contribution is -2.44. The Bertz CT molecular complexity index is 841. The SMILES string of the molecule is CC1CN(C(=O)c2cc3c(s2)-c2ccccc2CC3)CCC1C(=O)O. The quantitative estimate of drug-likeness (QED) is 0.894. The van der Waals surface area contributed by atoms with Crippen LogP contribution in [0.1, 0.15) is 34.1 Å². The fourth-order valence-electron chi connectivity index (χ4n) is 4.03. The third-order valence-corrected chi connectivity index (χ3v) is 6.65. The second kappa shape index (κ2) is 6.30. The van der Waals surface area contributed by atoms with Crippen molar-refractivity contribution >= 4 is 23.2 Å². The molecule has 1 fully saturated rings. The number of carbonyl (C=O) groups is 2. The molecule has 1 saturated heterocycles. The van der Waals surface area contributed by atoms with E-state index in [0.717, 1.165) is 17.7 Å². The van der Waals surface area contributed by atoms with Crippen LogP contribution < -0.4 is 0 Å². The highest BCUT2D eigenvalue weighted by Gasteiger charge is 2.34. The average Bonchev–Trinajstić information content (AvgIpc) is 3.05. The number of amides is 1. The van der Waals surface area contributed by atoms with Gasteiger partial charge in [-0.05, 0) is 47.9 Å². The van der Waals surface area contributed by atoms with Crippen LogP contribution in [-0.4, -0.2) is 35.0 Å². The standard InChI is InChI=1S/C20H21NO3S/c1-12-11-21(9-8-15(12)20(23)24)19(22)17-10-14-7-6-13-4-2-3-5-16(13)18(14)25-17/h2-5,10,12,15H,6-9,11H2,1H3,(H,23,24). The second-order valence-corrected chi connectivity index (χ2v) is 8.14. The molecule has 1 amide bonds. The fourth-order valence-corrected chi connectivity index (χ4v) is 5.27. The molecular formula is C20H21NO3S. The number of carboxylic acids is 1. The monoisotopic (exact) mass is 355 g/mol. The number of aryl methyl sites for hydroxylation is 2. The number of benzene rings is 1. The number of likely N-dealkylation sites (tertiary alicyclic amines) is 1. The number of rotatable bonds is 2. The first-order valence-electron chi connectivity index (χ1n) is 8.77. The molecule has 4 nitrogen and oxygen atoms in total. The van der Waals surface area contributed by atoms with Crippen LogP contribution in [0.5, 0.6) is 0 Å². The Morgan fingerprint density at radius 3 is 2.72 bits per heavy atom. The molecule has 25 heavy (non-hydrogen) atoms. The maximum Gasteiger partial charge on any atom is 0.306 e. The van der Waals surface area contributed by atoms with Gasteiger partial charge in [0.05, 0.1) is 10.8 Å². The van der Waals surface area contributed by atoms with E-state index in [2.05, 4.69) is 18.2 Å². The Hall–Kier alpha value is -2.14. The third kappa shape index (κ3) is 2.86. The van der Waals surface area contributed by atoms with Crippen LogP contribution in [0.4, 0.5) is 0 Å². The lowest BCUT2D eigenvalue weighted by molar-refractivity contribution is -0.145. The molecule has 130 valence electrons. The van der Waals surface area contributed by atoms with Crippen molar-refractivity contribution in [3.05, 3.63) is 46.3 Å². The number of nitrogens with zero attached hydrogens (tertiary/aromatic N) is 1. The van der Waals surface area contributed by atoms with Gasteiger partial charge in [-0.1, -0.05) is 31.2 Å². The van der Waals surface area contributed by atoms with Crippen molar-refractivity contribution in [1.29, 1.82) is 0 Å². The summed E-state index contributed by atoms with van der Waals surface area (Å²) >= 11 is 1.58. The lowest BCUT2D eigenvalue weighted by Gasteiger charge is -2.34. The maximum absolute atomic E-state index is 12.9. The summed E-state index contributed by atoms with van der Waals surface area (Å²) < 4.78 is 0. The zero-order valence-electron chi connectivity index (χ0n) is 14.2. The van der Waals surface area contributed by atoms with Crippen LogP contribution in [0.15, 0.2) is 30.3 Å². The van der Waals surface area contributed by atoms with Crippen molar-refractivity contribution in [2.24, 2.45) is 11.8 Å². The average molecular weight is 355 g/mol. The van der Waals surface area contributed by atoms with Gasteiger partial charge in [-0.15, -0.1) is 11.3 Å². The maximum atomic E-state index is 12.9. The Morgan fingerprint density at radius 1 is 1.20 bits per heavy atom. The van der Waals surface area contributed by atoms with E-state index < -0.39 is 5.97 Å². The summed E-state index contributed by atoms with van der Waals surface area (Å²) in [7, 11) is 0. The Morgan fingerprint density at radius 2 is 1.96 bits per heavy atom. The van der Waals surface area contributed by atoms with Gasteiger partial charge in [0.25, 0.3) is 5.91 Å². The summed E-state index contributed by atoms with van der Waals surface area (Å²) in [6.45, 7) is 2.97. The van der Waals surface area contributed by atoms with Gasteiger partial charge in [-0.3, -0.25) is 9.59 Å². The van der Waals surface area contributed by atoms with Gasteiger partial charge < -0.3 is 10.0 Å². The number of piperidine rings is 1. The normalized spacial score (nSPS) is 22.2. The molecule has 2 aliphatic rings. The van der Waals surface area contributed by atoms with Crippen LogP contribution in [0.2, 0.25) is 0 Å². The summed E-state index contributed by atoms with van der Waals surface area (Å²) in [4.78, 5) is 28.0. The minimum absolute atomic E-state index is 0.00878. The minimum Gasteiger partial charge on any atom is -0.481 e. The molecule has 2 atom stereocenters. The summed E-state index contributed by atoms with van der Waals surface area (Å²) in [6, 6.07) is 10.5. The summed E-state index contributed by atoms with van der Waals surface area (Å²) in [6.07, 6.45) is 2.54. The van der Waals surface area contributed by atoms with Gasteiger partial charge in [0, 0.05) is 18.0 Å². The van der Waals surface area contributed by atoms with Crippen molar-refractivity contribution in [1.82, 2.24) is 4.90 Å². The van der Waals surface area contributed by atoms with Gasteiger partial charge in [0.15, 0.2) is 0 Å². The van der Waals surface area contributed by atoms with Crippen molar-refractivity contribution < 1.29 is 14.7 Å². The molecule has 1 aromatic heterocycles.